The summed E-state index contributed by atoms with van der Waals surface area (Å²) < 4.78 is 25.6. The number of hydrogen-bond acceptors (Lipinski definition) is 6. The molecule has 5 rings (SSSR count). The first-order chi connectivity index (χ1) is 19.4. The maximum Gasteiger partial charge on any atom is 0.294 e. The third kappa shape index (κ3) is 6.32. The highest BCUT2D eigenvalue weighted by molar-refractivity contribution is 7.88. The molecule has 2 aromatic rings. The number of nitro benzene ring substituents is 1. The van der Waals surface area contributed by atoms with Crippen LogP contribution in [0.25, 0.3) is 0 Å². The molecule has 9 nitrogen and oxygen atoms in total. The molecule has 1 N–H and O–H groups in total. The lowest BCUT2D eigenvalue weighted by atomic mass is 9.79. The summed E-state index contributed by atoms with van der Waals surface area (Å²) in [7, 11) is -3.24. The molecular weight excluding hydrogens is 605 g/mol. The number of sulfonamides is 1. The Labute approximate surface area is 255 Å². The highest BCUT2D eigenvalue weighted by Gasteiger charge is 2.58. The molecule has 0 aromatic heterocycles. The average molecular weight is 637 g/mol. The number of nitrogens with zero attached hydrogens (tertiary/aromatic N) is 4. The predicted octanol–water partition coefficient (Wildman–Crippen LogP) is 5.95. The zero-order chi connectivity index (χ0) is 29.5. The van der Waals surface area contributed by atoms with Crippen molar-refractivity contribution in [2.75, 3.05) is 31.2 Å². The van der Waals surface area contributed by atoms with E-state index in [4.69, 9.17) is 35.4 Å². The smallest absolute Gasteiger partial charge is 0.294 e. The average Bonchev–Trinajstić information content (AvgIpc) is 3.68. The van der Waals surface area contributed by atoms with Gasteiger partial charge in [-0.1, -0.05) is 35.3 Å². The lowest BCUT2D eigenvalue weighted by Crippen LogP contribution is -2.49. The zero-order valence-corrected chi connectivity index (χ0v) is 25.7. The van der Waals surface area contributed by atoms with Gasteiger partial charge in [-0.15, -0.1) is 0 Å². The van der Waals surface area contributed by atoms with Gasteiger partial charge in [0.05, 0.1) is 32.9 Å². The third-order valence-electron chi connectivity index (χ3n) is 8.95. The number of nitro groups is 1. The number of benzene rings is 2. The quantitative estimate of drug-likeness (QED) is 0.225. The summed E-state index contributed by atoms with van der Waals surface area (Å²) in [4.78, 5) is 13.4. The van der Waals surface area contributed by atoms with E-state index in [0.717, 1.165) is 25.7 Å². The number of nitrogens with one attached hydrogen (secondary N) is 1. The molecule has 3 unspecified atom stereocenters. The van der Waals surface area contributed by atoms with E-state index in [0.29, 0.717) is 49.1 Å². The predicted molar refractivity (Wildman–Crippen MR) is 164 cm³/mol. The van der Waals surface area contributed by atoms with E-state index in [1.807, 2.05) is 18.2 Å². The van der Waals surface area contributed by atoms with Gasteiger partial charge in [0.25, 0.3) is 5.69 Å². The standard InChI is InChI=1S/C28H31Cl2N5O4S2/c1-41(38,39)33-9-6-18(7-10-33)17-34(27(40)32-25-13-23(29)24(30)14-26(25)35(36)37)22-5-8-28(15-21(28)12-22)20-4-2-3-19(11-20)16-31/h2-4,11,13-14,18,21-22H,5-10,12,15,17H2,1H3,(H,32,40). The summed E-state index contributed by atoms with van der Waals surface area (Å²) in [5.41, 5.74) is 1.92. The van der Waals surface area contributed by atoms with Crippen molar-refractivity contribution >= 4 is 61.9 Å². The Balaban J connectivity index is 1.36. The molecule has 13 heteroatoms. The summed E-state index contributed by atoms with van der Waals surface area (Å²) in [5, 5.41) is 24.9. The van der Waals surface area contributed by atoms with Gasteiger partial charge in [0.1, 0.15) is 5.69 Å². The highest BCUT2D eigenvalue weighted by Crippen LogP contribution is 2.63. The minimum Gasteiger partial charge on any atom is -0.346 e. The first-order valence-electron chi connectivity index (χ1n) is 13.6. The molecule has 2 saturated carbocycles. The fourth-order valence-electron chi connectivity index (χ4n) is 6.62. The number of thiocarbonyl (C=S) groups is 1. The number of hydrogen-bond donors (Lipinski definition) is 1. The second-order valence-corrected chi connectivity index (χ2v) is 14.6. The molecule has 2 aliphatic carbocycles. The third-order valence-corrected chi connectivity index (χ3v) is 11.3. The SMILES string of the molecule is CS(=O)(=O)N1CCC(CN(C(=S)Nc2cc(Cl)c(Cl)cc2[N+](=O)[O-])C2CCC3(c4cccc(C#N)c4)CC3C2)CC1. The molecule has 2 aromatic carbocycles. The minimum absolute atomic E-state index is 0.0768. The molecule has 218 valence electrons. The Morgan fingerprint density at radius 1 is 1.24 bits per heavy atom. The van der Waals surface area contributed by atoms with Gasteiger partial charge < -0.3 is 10.2 Å². The Bertz CT molecular complexity index is 1520. The Morgan fingerprint density at radius 2 is 1.95 bits per heavy atom. The van der Waals surface area contributed by atoms with Crippen LogP contribution in [0, 0.1) is 33.3 Å². The van der Waals surface area contributed by atoms with Crippen LogP contribution >= 0.6 is 35.4 Å². The number of fused-ring (bicyclic) bond motifs is 1. The lowest BCUT2D eigenvalue weighted by molar-refractivity contribution is -0.383. The molecule has 1 saturated heterocycles. The Kier molecular flexibility index (Phi) is 8.52. The second kappa shape index (κ2) is 11.7. The molecule has 1 heterocycles. The fraction of sp³-hybridized carbons (Fsp3) is 0.500. The van der Waals surface area contributed by atoms with Gasteiger partial charge in [-0.3, -0.25) is 10.1 Å². The largest absolute Gasteiger partial charge is 0.346 e. The van der Waals surface area contributed by atoms with Crippen molar-refractivity contribution in [2.45, 2.75) is 50.0 Å². The second-order valence-electron chi connectivity index (χ2n) is 11.4. The van der Waals surface area contributed by atoms with Gasteiger partial charge in [-0.25, -0.2) is 12.7 Å². The molecule has 1 aliphatic heterocycles. The van der Waals surface area contributed by atoms with Crippen LogP contribution in [0.2, 0.25) is 10.0 Å². The van der Waals surface area contributed by atoms with E-state index in [2.05, 4.69) is 22.4 Å². The topological polar surface area (TPSA) is 120 Å². The Hall–Kier alpha value is -2.49. The van der Waals surface area contributed by atoms with Gasteiger partial charge >= 0.3 is 0 Å². The van der Waals surface area contributed by atoms with E-state index < -0.39 is 14.9 Å². The highest BCUT2D eigenvalue weighted by atomic mass is 35.5. The van der Waals surface area contributed by atoms with Crippen molar-refractivity contribution in [1.29, 1.82) is 5.26 Å². The number of piperidine rings is 1. The summed E-state index contributed by atoms with van der Waals surface area (Å²) in [6, 6.07) is 12.9. The summed E-state index contributed by atoms with van der Waals surface area (Å²) in [5.74, 6) is 0.668. The van der Waals surface area contributed by atoms with E-state index in [1.165, 1.54) is 28.3 Å². The van der Waals surface area contributed by atoms with Gasteiger partial charge in [0.15, 0.2) is 5.11 Å². The van der Waals surface area contributed by atoms with Gasteiger partial charge in [0.2, 0.25) is 10.0 Å². The van der Waals surface area contributed by atoms with Crippen LogP contribution in [0.1, 0.15) is 49.7 Å². The zero-order valence-electron chi connectivity index (χ0n) is 22.6. The molecular formula is C28H31Cl2N5O4S2. The van der Waals surface area contributed by atoms with Crippen LogP contribution in [-0.2, 0) is 15.4 Å². The van der Waals surface area contributed by atoms with E-state index in [-0.39, 0.29) is 38.8 Å². The molecule has 3 aliphatic rings. The lowest BCUT2D eigenvalue weighted by Gasteiger charge is -2.41. The van der Waals surface area contributed by atoms with Crippen molar-refractivity contribution in [3.8, 4) is 6.07 Å². The number of halogens is 2. The van der Waals surface area contributed by atoms with Crippen LogP contribution in [0.15, 0.2) is 36.4 Å². The van der Waals surface area contributed by atoms with Gasteiger partial charge in [-0.05, 0) is 91.8 Å². The van der Waals surface area contributed by atoms with E-state index in [9.17, 15) is 23.8 Å². The number of rotatable bonds is 7. The normalized spacial score (nSPS) is 24.6. The van der Waals surface area contributed by atoms with E-state index in [1.54, 1.807) is 0 Å². The number of anilines is 1. The first-order valence-corrected chi connectivity index (χ1v) is 16.6. The van der Waals surface area contributed by atoms with Crippen LogP contribution in [-0.4, -0.2) is 59.6 Å². The van der Waals surface area contributed by atoms with Crippen molar-refractivity contribution < 1.29 is 13.3 Å². The van der Waals surface area contributed by atoms with Gasteiger partial charge in [0, 0.05) is 31.7 Å². The number of nitriles is 1. The minimum atomic E-state index is -3.24. The van der Waals surface area contributed by atoms with Crippen LogP contribution in [0.3, 0.4) is 0 Å². The Morgan fingerprint density at radius 3 is 2.59 bits per heavy atom. The molecule has 3 atom stereocenters. The summed E-state index contributed by atoms with van der Waals surface area (Å²) >= 11 is 18.1. The molecule has 0 amide bonds. The van der Waals surface area contributed by atoms with Crippen molar-refractivity contribution in [2.24, 2.45) is 11.8 Å². The van der Waals surface area contributed by atoms with Crippen LogP contribution in [0.5, 0.6) is 0 Å². The molecule has 0 bridgehead atoms. The molecule has 0 spiro atoms. The van der Waals surface area contributed by atoms with Crippen LogP contribution in [0.4, 0.5) is 11.4 Å². The van der Waals surface area contributed by atoms with E-state index >= 15 is 0 Å². The summed E-state index contributed by atoms with van der Waals surface area (Å²) in [6.45, 7) is 1.54. The van der Waals surface area contributed by atoms with Crippen LogP contribution < -0.4 is 5.32 Å². The first kappa shape index (κ1) is 30.0. The molecule has 41 heavy (non-hydrogen) atoms. The fourth-order valence-corrected chi connectivity index (χ4v) is 8.15. The summed E-state index contributed by atoms with van der Waals surface area (Å²) in [6.07, 6.45) is 6.44. The molecule has 3 fully saturated rings. The van der Waals surface area contributed by atoms with Gasteiger partial charge in [-0.2, -0.15) is 5.26 Å². The maximum atomic E-state index is 12.0. The maximum absolute atomic E-state index is 12.0. The van der Waals surface area contributed by atoms with Crippen molar-refractivity contribution in [1.82, 2.24) is 9.21 Å². The van der Waals surface area contributed by atoms with Crippen molar-refractivity contribution in [3.05, 3.63) is 67.7 Å². The monoisotopic (exact) mass is 635 g/mol. The van der Waals surface area contributed by atoms with Crippen molar-refractivity contribution in [3.63, 3.8) is 0 Å². The molecule has 0 radical (unpaired) electrons.